The summed E-state index contributed by atoms with van der Waals surface area (Å²) in [6.07, 6.45) is 1.43. The lowest BCUT2D eigenvalue weighted by molar-refractivity contribution is -0.139. The number of urea groups is 1. The van der Waals surface area contributed by atoms with Crippen molar-refractivity contribution in [1.82, 2.24) is 20.0 Å². The fourth-order valence-electron chi connectivity index (χ4n) is 4.34. The van der Waals surface area contributed by atoms with Gasteiger partial charge in [0.2, 0.25) is 5.91 Å². The fourth-order valence-corrected chi connectivity index (χ4v) is 4.34. The summed E-state index contributed by atoms with van der Waals surface area (Å²) in [6.45, 7) is 3.33. The van der Waals surface area contributed by atoms with E-state index in [1.807, 2.05) is 0 Å². The van der Waals surface area contributed by atoms with E-state index < -0.39 is 17.5 Å². The third-order valence-electron chi connectivity index (χ3n) is 6.34. The first-order valence-electron chi connectivity index (χ1n) is 11.0. The van der Waals surface area contributed by atoms with Crippen LogP contribution in [0, 0.1) is 0 Å². The number of piperazine rings is 1. The van der Waals surface area contributed by atoms with Gasteiger partial charge in [0.25, 0.3) is 11.8 Å². The molecule has 0 spiro atoms. The van der Waals surface area contributed by atoms with E-state index in [9.17, 15) is 19.2 Å². The number of nitrogens with zero attached hydrogens (tertiary/aromatic N) is 3. The average Bonchev–Trinajstić information content (AvgIpc) is 3.47. The van der Waals surface area contributed by atoms with Crippen LogP contribution in [0.2, 0.25) is 0 Å². The third kappa shape index (κ3) is 3.72. The summed E-state index contributed by atoms with van der Waals surface area (Å²) in [6, 6.07) is 7.67. The molecule has 11 heteroatoms. The van der Waals surface area contributed by atoms with Crippen molar-refractivity contribution < 1.29 is 33.1 Å². The molecule has 1 aromatic heterocycles. The standard InChI is InChI=1S/C23H24N4O7/c1-23(15-4-5-16-18(13-15)34-12-11-33-16)21(30)27(22(31)24-23)14-19(28)25-6-8-26(9-7-25)20(29)17-3-2-10-32-17/h2-5,10,13H,6-9,11-12,14H2,1H3,(H,24,31)/t23-/m0/s1. The Bertz CT molecular complexity index is 1140. The summed E-state index contributed by atoms with van der Waals surface area (Å²) in [7, 11) is 0. The van der Waals surface area contributed by atoms with Crippen LogP contribution in [0.25, 0.3) is 0 Å². The van der Waals surface area contributed by atoms with E-state index in [0.29, 0.717) is 56.5 Å². The number of amides is 5. The minimum absolute atomic E-state index is 0.235. The molecule has 4 heterocycles. The molecule has 1 N–H and O–H groups in total. The Labute approximate surface area is 195 Å². The van der Waals surface area contributed by atoms with Gasteiger partial charge in [0.1, 0.15) is 25.3 Å². The minimum atomic E-state index is -1.33. The van der Waals surface area contributed by atoms with Gasteiger partial charge in [-0.25, -0.2) is 4.79 Å². The Morgan fingerprint density at radius 2 is 1.71 bits per heavy atom. The van der Waals surface area contributed by atoms with Gasteiger partial charge in [-0.05, 0) is 36.8 Å². The van der Waals surface area contributed by atoms with Crippen molar-refractivity contribution in [1.29, 1.82) is 0 Å². The van der Waals surface area contributed by atoms with Gasteiger partial charge in [0, 0.05) is 26.2 Å². The average molecular weight is 468 g/mol. The lowest BCUT2D eigenvalue weighted by atomic mass is 9.91. The number of nitrogens with one attached hydrogen (secondary N) is 1. The Kier molecular flexibility index (Phi) is 5.39. The van der Waals surface area contributed by atoms with Gasteiger partial charge < -0.3 is 29.0 Å². The van der Waals surface area contributed by atoms with Crippen molar-refractivity contribution in [2.45, 2.75) is 12.5 Å². The molecule has 5 amide bonds. The molecule has 5 rings (SSSR count). The summed E-state index contributed by atoms with van der Waals surface area (Å²) < 4.78 is 16.3. The number of furan rings is 1. The highest BCUT2D eigenvalue weighted by atomic mass is 16.6. The van der Waals surface area contributed by atoms with E-state index in [1.165, 1.54) is 6.26 Å². The first-order chi connectivity index (χ1) is 16.4. The minimum Gasteiger partial charge on any atom is -0.486 e. The molecule has 2 saturated heterocycles. The van der Waals surface area contributed by atoms with Gasteiger partial charge >= 0.3 is 6.03 Å². The monoisotopic (exact) mass is 468 g/mol. The predicted octanol–water partition coefficient (Wildman–Crippen LogP) is 0.802. The highest BCUT2D eigenvalue weighted by Gasteiger charge is 2.50. The molecule has 0 saturated carbocycles. The molecule has 11 nitrogen and oxygen atoms in total. The Morgan fingerprint density at radius 3 is 2.41 bits per heavy atom. The topological polar surface area (TPSA) is 122 Å². The van der Waals surface area contributed by atoms with Crippen LogP contribution in [0.15, 0.2) is 41.0 Å². The predicted molar refractivity (Wildman–Crippen MR) is 116 cm³/mol. The van der Waals surface area contributed by atoms with Crippen molar-refractivity contribution in [3.63, 3.8) is 0 Å². The van der Waals surface area contributed by atoms with Crippen LogP contribution in [0.3, 0.4) is 0 Å². The molecule has 0 bridgehead atoms. The fraction of sp³-hybridized carbons (Fsp3) is 0.391. The summed E-state index contributed by atoms with van der Waals surface area (Å²) in [4.78, 5) is 55.3. The number of ether oxygens (including phenoxy) is 2. The van der Waals surface area contributed by atoms with E-state index in [2.05, 4.69) is 5.32 Å². The smallest absolute Gasteiger partial charge is 0.325 e. The number of carbonyl (C=O) groups excluding carboxylic acids is 4. The number of rotatable bonds is 4. The van der Waals surface area contributed by atoms with Crippen molar-refractivity contribution >= 4 is 23.8 Å². The van der Waals surface area contributed by atoms with E-state index in [0.717, 1.165) is 4.90 Å². The molecule has 3 aliphatic rings. The van der Waals surface area contributed by atoms with Gasteiger partial charge in [-0.15, -0.1) is 0 Å². The molecule has 0 radical (unpaired) electrons. The van der Waals surface area contributed by atoms with E-state index >= 15 is 0 Å². The second kappa shape index (κ2) is 8.40. The number of fused-ring (bicyclic) bond motifs is 1. The van der Waals surface area contributed by atoms with Crippen molar-refractivity contribution in [3.05, 3.63) is 47.9 Å². The molecule has 3 aliphatic heterocycles. The van der Waals surface area contributed by atoms with Crippen molar-refractivity contribution in [2.75, 3.05) is 45.9 Å². The SMILES string of the molecule is C[C@@]1(c2ccc3c(c2)OCCO3)NC(=O)N(CC(=O)N2CCN(C(=O)c3ccco3)CC2)C1=O. The van der Waals surface area contributed by atoms with Gasteiger partial charge in [-0.3, -0.25) is 19.3 Å². The number of hydrogen-bond acceptors (Lipinski definition) is 7. The summed E-state index contributed by atoms with van der Waals surface area (Å²) >= 11 is 0. The molecule has 1 aromatic carbocycles. The lowest BCUT2D eigenvalue weighted by Crippen LogP contribution is -2.53. The van der Waals surface area contributed by atoms with Gasteiger partial charge in [-0.1, -0.05) is 6.07 Å². The Hall–Kier alpha value is -4.02. The van der Waals surface area contributed by atoms with Crippen molar-refractivity contribution in [2.24, 2.45) is 0 Å². The normalized spacial score (nSPS) is 22.1. The third-order valence-corrected chi connectivity index (χ3v) is 6.34. The molecular formula is C23H24N4O7. The van der Waals surface area contributed by atoms with E-state index in [1.54, 1.807) is 47.1 Å². The molecule has 0 aliphatic carbocycles. The molecular weight excluding hydrogens is 444 g/mol. The maximum Gasteiger partial charge on any atom is 0.325 e. The van der Waals surface area contributed by atoms with Crippen LogP contribution < -0.4 is 14.8 Å². The van der Waals surface area contributed by atoms with Crippen LogP contribution in [0.1, 0.15) is 23.0 Å². The molecule has 178 valence electrons. The van der Waals surface area contributed by atoms with E-state index in [4.69, 9.17) is 13.9 Å². The zero-order valence-corrected chi connectivity index (χ0v) is 18.6. The lowest BCUT2D eigenvalue weighted by Gasteiger charge is -2.34. The molecule has 1 atom stereocenters. The molecule has 0 unspecified atom stereocenters. The second-order valence-electron chi connectivity index (χ2n) is 8.46. The summed E-state index contributed by atoms with van der Waals surface area (Å²) in [5.41, 5.74) is -0.795. The van der Waals surface area contributed by atoms with Crippen molar-refractivity contribution in [3.8, 4) is 11.5 Å². The molecule has 34 heavy (non-hydrogen) atoms. The zero-order valence-electron chi connectivity index (χ0n) is 18.6. The Balaban J connectivity index is 1.23. The highest BCUT2D eigenvalue weighted by molar-refractivity contribution is 6.09. The van der Waals surface area contributed by atoms with Crippen LogP contribution >= 0.6 is 0 Å². The van der Waals surface area contributed by atoms with Gasteiger partial charge in [0.15, 0.2) is 17.3 Å². The maximum absolute atomic E-state index is 13.2. The quantitative estimate of drug-likeness (QED) is 0.659. The molecule has 2 fully saturated rings. The zero-order chi connectivity index (χ0) is 23.9. The first-order valence-corrected chi connectivity index (χ1v) is 11.0. The number of imide groups is 1. The second-order valence-corrected chi connectivity index (χ2v) is 8.46. The number of carbonyl (C=O) groups is 4. The number of benzene rings is 1. The van der Waals surface area contributed by atoms with Crippen LogP contribution in [0.5, 0.6) is 11.5 Å². The largest absolute Gasteiger partial charge is 0.486 e. The Morgan fingerprint density at radius 1 is 1.00 bits per heavy atom. The summed E-state index contributed by atoms with van der Waals surface area (Å²) in [5, 5.41) is 2.71. The van der Waals surface area contributed by atoms with Gasteiger partial charge in [-0.2, -0.15) is 0 Å². The highest BCUT2D eigenvalue weighted by Crippen LogP contribution is 2.36. The summed E-state index contributed by atoms with van der Waals surface area (Å²) in [5.74, 6) is 0.212. The van der Waals surface area contributed by atoms with Gasteiger partial charge in [0.05, 0.1) is 6.26 Å². The first kappa shape index (κ1) is 21.8. The van der Waals surface area contributed by atoms with Crippen LogP contribution in [-0.2, 0) is 15.1 Å². The number of hydrogen-bond donors (Lipinski definition) is 1. The molecule has 2 aromatic rings. The van der Waals surface area contributed by atoms with Crippen LogP contribution in [0.4, 0.5) is 4.79 Å². The van der Waals surface area contributed by atoms with E-state index in [-0.39, 0.29) is 24.1 Å². The van der Waals surface area contributed by atoms with Crippen LogP contribution in [-0.4, -0.2) is 84.4 Å². The maximum atomic E-state index is 13.2.